The van der Waals surface area contributed by atoms with Gasteiger partial charge >= 0.3 is 5.97 Å². The fraction of sp³-hybridized carbons (Fsp3) is 0.958. The van der Waals surface area contributed by atoms with Gasteiger partial charge in [0, 0.05) is 7.79 Å². The van der Waals surface area contributed by atoms with E-state index in [1.165, 1.54) is 0 Å². The normalized spacial score (nSPS) is 55.9. The van der Waals surface area contributed by atoms with Gasteiger partial charge in [0.2, 0.25) is 0 Å². The highest BCUT2D eigenvalue weighted by Gasteiger charge is 2.65. The minimum atomic E-state index is -0.770. The van der Waals surface area contributed by atoms with E-state index in [1.54, 1.807) is 0 Å². The van der Waals surface area contributed by atoms with Crippen LogP contribution in [0.2, 0.25) is 0 Å². The first kappa shape index (κ1) is 20.3. The van der Waals surface area contributed by atoms with Gasteiger partial charge in [-0.3, -0.25) is 4.79 Å². The van der Waals surface area contributed by atoms with E-state index in [0.717, 1.165) is 12.8 Å². The summed E-state index contributed by atoms with van der Waals surface area (Å²) in [4.78, 5) is 11.1. The van der Waals surface area contributed by atoms with Crippen LogP contribution in [0, 0.1) is 46.3 Å². The number of aliphatic hydroxyl groups is 3. The Morgan fingerprint density at radius 1 is 1.10 bits per heavy atom. The Morgan fingerprint density at radius 2 is 1.83 bits per heavy atom. The summed E-state index contributed by atoms with van der Waals surface area (Å²) < 4.78 is 8.84. The standard InChI is InChI=1S/C24H40O5/c1-13(4-7-21(28)29)16-5-6-17-22-18(12-20(27)24(16,17)3)23(2)9-8-15(25)10-14(23)11-19(22)26/h13-20,22,25-27H,4-12H2,1-3H3,(H,28,29)/t13-,14+,15-,16-,17?,18?,19-,20+,22?,23+,24-/m1/s1/i9D/t9?,13-,14+,15-,16-,17?,18?,19-,20+,22?,23+,24-. The molecule has 166 valence electrons. The Hall–Kier alpha value is -0.650. The van der Waals surface area contributed by atoms with Crippen molar-refractivity contribution in [3.63, 3.8) is 0 Å². The molecule has 4 saturated carbocycles. The van der Waals surface area contributed by atoms with Crippen LogP contribution in [0.5, 0.6) is 0 Å². The van der Waals surface area contributed by atoms with Crippen LogP contribution in [0.3, 0.4) is 0 Å². The smallest absolute Gasteiger partial charge is 0.303 e. The SMILES string of the molecule is [2H]C1C[C@@H](O)C[C@H]2C[C@@H](O)C3C(C[C@H](O)[C@@]4(C)C3CC[C@@H]4[C@H](C)CCC(=O)O)[C@@]12C. The lowest BCUT2D eigenvalue weighted by atomic mass is 9.43. The monoisotopic (exact) mass is 409 g/mol. The molecule has 5 nitrogen and oxygen atoms in total. The maximum atomic E-state index is 11.5. The van der Waals surface area contributed by atoms with Crippen LogP contribution in [0.4, 0.5) is 0 Å². The molecule has 0 aromatic heterocycles. The van der Waals surface area contributed by atoms with Gasteiger partial charge in [-0.05, 0) is 97.7 Å². The third kappa shape index (κ3) is 3.27. The average Bonchev–Trinajstić information content (AvgIpc) is 3.01. The van der Waals surface area contributed by atoms with Gasteiger partial charge in [0.1, 0.15) is 0 Å². The zero-order valence-corrected chi connectivity index (χ0v) is 18.1. The summed E-state index contributed by atoms with van der Waals surface area (Å²) in [7, 11) is 0. The summed E-state index contributed by atoms with van der Waals surface area (Å²) >= 11 is 0. The van der Waals surface area contributed by atoms with E-state index in [0.29, 0.717) is 32.1 Å². The molecule has 0 amide bonds. The van der Waals surface area contributed by atoms with Crippen molar-refractivity contribution in [3.8, 4) is 0 Å². The summed E-state index contributed by atoms with van der Waals surface area (Å²) in [5.74, 6) is 0.226. The lowest BCUT2D eigenvalue weighted by Gasteiger charge is -2.63. The maximum Gasteiger partial charge on any atom is 0.303 e. The number of carbonyl (C=O) groups is 1. The topological polar surface area (TPSA) is 98.0 Å². The minimum Gasteiger partial charge on any atom is -0.481 e. The van der Waals surface area contributed by atoms with Gasteiger partial charge in [-0.25, -0.2) is 0 Å². The highest BCUT2D eigenvalue weighted by atomic mass is 16.4. The molecule has 5 heteroatoms. The summed E-state index contributed by atoms with van der Waals surface area (Å²) in [6.45, 7) is 6.48. The lowest BCUT2D eigenvalue weighted by molar-refractivity contribution is -0.207. The molecule has 4 fully saturated rings. The number of hydrogen-bond donors (Lipinski definition) is 4. The molecule has 0 aromatic rings. The van der Waals surface area contributed by atoms with Crippen LogP contribution in [-0.4, -0.2) is 44.7 Å². The van der Waals surface area contributed by atoms with Crippen molar-refractivity contribution in [3.05, 3.63) is 0 Å². The third-order valence-corrected chi connectivity index (χ3v) is 10.0. The van der Waals surface area contributed by atoms with Gasteiger partial charge in [-0.2, -0.15) is 0 Å². The molecule has 0 aliphatic heterocycles. The van der Waals surface area contributed by atoms with Crippen LogP contribution in [0.1, 0.15) is 79.9 Å². The number of aliphatic hydroxyl groups excluding tert-OH is 3. The molecule has 4 N–H and O–H groups in total. The van der Waals surface area contributed by atoms with Gasteiger partial charge in [0.15, 0.2) is 0 Å². The molecule has 4 aliphatic carbocycles. The molecule has 0 aromatic carbocycles. The predicted molar refractivity (Wildman–Crippen MR) is 110 cm³/mol. The van der Waals surface area contributed by atoms with E-state index in [2.05, 4.69) is 20.8 Å². The quantitative estimate of drug-likeness (QED) is 0.570. The Kier molecular flexibility index (Phi) is 5.23. The summed E-state index contributed by atoms with van der Waals surface area (Å²) in [6.07, 6.45) is 3.33. The van der Waals surface area contributed by atoms with Gasteiger partial charge in [0.05, 0.1) is 18.3 Å². The molecule has 29 heavy (non-hydrogen) atoms. The molecule has 0 spiro atoms. The summed E-state index contributed by atoms with van der Waals surface area (Å²) in [5.41, 5.74) is -0.590. The fourth-order valence-corrected chi connectivity index (χ4v) is 8.43. The first-order valence-corrected chi connectivity index (χ1v) is 11.7. The highest BCUT2D eigenvalue weighted by Crippen LogP contribution is 2.68. The number of rotatable bonds is 4. The molecule has 0 saturated heterocycles. The zero-order chi connectivity index (χ0) is 22.0. The third-order valence-electron chi connectivity index (χ3n) is 10.0. The number of aliphatic carboxylic acids is 1. The first-order valence-electron chi connectivity index (χ1n) is 12.3. The second kappa shape index (κ2) is 7.49. The van der Waals surface area contributed by atoms with Crippen molar-refractivity contribution in [2.75, 3.05) is 0 Å². The molecule has 0 bridgehead atoms. The Morgan fingerprint density at radius 3 is 2.52 bits per heavy atom. The highest BCUT2D eigenvalue weighted by molar-refractivity contribution is 5.66. The van der Waals surface area contributed by atoms with Gasteiger partial charge < -0.3 is 20.4 Å². The Labute approximate surface area is 176 Å². The Balaban J connectivity index is 1.63. The molecule has 4 aliphatic rings. The molecule has 4 unspecified atom stereocenters. The van der Waals surface area contributed by atoms with E-state index in [4.69, 9.17) is 6.48 Å². The number of hydrogen-bond acceptors (Lipinski definition) is 4. The fourth-order valence-electron chi connectivity index (χ4n) is 8.43. The summed E-state index contributed by atoms with van der Waals surface area (Å²) in [5, 5.41) is 42.1. The van der Waals surface area contributed by atoms with Crippen LogP contribution >= 0.6 is 0 Å². The molecule has 12 atom stereocenters. The van der Waals surface area contributed by atoms with Crippen LogP contribution in [0.25, 0.3) is 0 Å². The molecular formula is C24H40O5. The van der Waals surface area contributed by atoms with Gasteiger partial charge in [-0.15, -0.1) is 0 Å². The molecule has 4 rings (SSSR count). The molecular weight excluding hydrogens is 368 g/mol. The van der Waals surface area contributed by atoms with Gasteiger partial charge in [-0.1, -0.05) is 20.8 Å². The van der Waals surface area contributed by atoms with E-state index in [1.807, 2.05) is 0 Å². The molecule has 0 heterocycles. The van der Waals surface area contributed by atoms with Crippen molar-refractivity contribution in [2.24, 2.45) is 46.3 Å². The maximum absolute atomic E-state index is 11.5. The lowest BCUT2D eigenvalue weighted by Crippen LogP contribution is -2.62. The van der Waals surface area contributed by atoms with Crippen LogP contribution < -0.4 is 0 Å². The van der Waals surface area contributed by atoms with Crippen LogP contribution in [0.15, 0.2) is 0 Å². The second-order valence-electron chi connectivity index (χ2n) is 11.2. The van der Waals surface area contributed by atoms with Crippen LogP contribution in [-0.2, 0) is 4.79 Å². The summed E-state index contributed by atoms with van der Waals surface area (Å²) in [6, 6.07) is 0. The van der Waals surface area contributed by atoms with E-state index in [9.17, 15) is 20.1 Å². The average molecular weight is 410 g/mol. The molecule has 0 radical (unpaired) electrons. The zero-order valence-electron chi connectivity index (χ0n) is 19.1. The number of carboxylic acids is 1. The van der Waals surface area contributed by atoms with Crippen molar-refractivity contribution < 1.29 is 26.6 Å². The predicted octanol–water partition coefficient (Wildman–Crippen LogP) is 3.45. The van der Waals surface area contributed by atoms with E-state index in [-0.39, 0.29) is 59.2 Å². The number of fused-ring (bicyclic) bond motifs is 5. The Bertz CT molecular complexity index is 672. The van der Waals surface area contributed by atoms with Crippen molar-refractivity contribution in [2.45, 2.75) is 96.8 Å². The number of carboxylic acid groups (broad SMARTS) is 1. The van der Waals surface area contributed by atoms with E-state index >= 15 is 0 Å². The largest absolute Gasteiger partial charge is 0.481 e. The van der Waals surface area contributed by atoms with E-state index < -0.39 is 24.3 Å². The van der Waals surface area contributed by atoms with Crippen molar-refractivity contribution in [1.82, 2.24) is 0 Å². The second-order valence-corrected chi connectivity index (χ2v) is 11.2. The van der Waals surface area contributed by atoms with Gasteiger partial charge in [0.25, 0.3) is 0 Å². The minimum absolute atomic E-state index is 0.0828. The van der Waals surface area contributed by atoms with Crippen molar-refractivity contribution in [1.29, 1.82) is 0 Å². The first-order chi connectivity index (χ1) is 14.0. The van der Waals surface area contributed by atoms with Crippen molar-refractivity contribution >= 4 is 5.97 Å².